The van der Waals surface area contributed by atoms with Gasteiger partial charge in [-0.25, -0.2) is 0 Å². The second kappa shape index (κ2) is 4.88. The Morgan fingerprint density at radius 1 is 1.35 bits per heavy atom. The Kier molecular flexibility index (Phi) is 3.48. The Bertz CT molecular complexity index is 452. The lowest BCUT2D eigenvalue weighted by Gasteiger charge is -2.23. The summed E-state index contributed by atoms with van der Waals surface area (Å²) in [7, 11) is 0. The van der Waals surface area contributed by atoms with Gasteiger partial charge in [0.2, 0.25) is 5.91 Å². The number of hydrogen-bond donors (Lipinski definition) is 2. The molecule has 17 heavy (non-hydrogen) atoms. The Morgan fingerprint density at radius 3 is 2.82 bits per heavy atom. The van der Waals surface area contributed by atoms with E-state index < -0.39 is 0 Å². The zero-order valence-electron chi connectivity index (χ0n) is 10.6. The third-order valence-corrected chi connectivity index (χ3v) is 3.57. The molecule has 1 aliphatic heterocycles. The first-order valence-corrected chi connectivity index (χ1v) is 6.25. The second-order valence-corrected chi connectivity index (χ2v) is 4.77. The zero-order chi connectivity index (χ0) is 12.4. The SMILES string of the molecule is Cc1cc2c(c(CCCN)c1C)NC(=O)CC2. The van der Waals surface area contributed by atoms with Crippen LogP contribution in [0.2, 0.25) is 0 Å². The van der Waals surface area contributed by atoms with Crippen molar-refractivity contribution in [1.82, 2.24) is 0 Å². The van der Waals surface area contributed by atoms with Crippen molar-refractivity contribution < 1.29 is 4.79 Å². The maximum absolute atomic E-state index is 11.5. The number of carbonyl (C=O) groups excluding carboxylic acids is 1. The van der Waals surface area contributed by atoms with Crippen LogP contribution in [-0.2, 0) is 17.6 Å². The minimum Gasteiger partial charge on any atom is -0.330 e. The fraction of sp³-hybridized carbons (Fsp3) is 0.500. The van der Waals surface area contributed by atoms with E-state index in [2.05, 4.69) is 25.2 Å². The van der Waals surface area contributed by atoms with Crippen LogP contribution in [0.25, 0.3) is 0 Å². The van der Waals surface area contributed by atoms with Crippen molar-refractivity contribution in [3.8, 4) is 0 Å². The first-order chi connectivity index (χ1) is 8.13. The van der Waals surface area contributed by atoms with E-state index in [1.807, 2.05) is 0 Å². The second-order valence-electron chi connectivity index (χ2n) is 4.77. The Labute approximate surface area is 102 Å². The lowest BCUT2D eigenvalue weighted by atomic mass is 9.90. The molecular weight excluding hydrogens is 212 g/mol. The molecule has 1 amide bonds. The number of nitrogens with two attached hydrogens (primary N) is 1. The van der Waals surface area contributed by atoms with Gasteiger partial charge in [-0.1, -0.05) is 6.07 Å². The summed E-state index contributed by atoms with van der Waals surface area (Å²) >= 11 is 0. The molecule has 3 N–H and O–H groups in total. The minimum absolute atomic E-state index is 0.134. The molecule has 3 heteroatoms. The summed E-state index contributed by atoms with van der Waals surface area (Å²) in [6.45, 7) is 4.95. The van der Waals surface area contributed by atoms with Gasteiger partial charge < -0.3 is 11.1 Å². The number of carbonyl (C=O) groups is 1. The molecule has 0 saturated carbocycles. The highest BCUT2D eigenvalue weighted by atomic mass is 16.1. The van der Waals surface area contributed by atoms with Gasteiger partial charge in [-0.3, -0.25) is 4.79 Å². The lowest BCUT2D eigenvalue weighted by Crippen LogP contribution is -2.21. The molecule has 92 valence electrons. The molecule has 0 radical (unpaired) electrons. The number of benzene rings is 1. The first kappa shape index (κ1) is 12.1. The van der Waals surface area contributed by atoms with Crippen molar-refractivity contribution in [2.24, 2.45) is 5.73 Å². The van der Waals surface area contributed by atoms with Crippen LogP contribution in [0.3, 0.4) is 0 Å². The van der Waals surface area contributed by atoms with Crippen molar-refractivity contribution in [3.63, 3.8) is 0 Å². The van der Waals surface area contributed by atoms with Gasteiger partial charge in [0.1, 0.15) is 0 Å². The van der Waals surface area contributed by atoms with E-state index in [-0.39, 0.29) is 5.91 Å². The van der Waals surface area contributed by atoms with Crippen molar-refractivity contribution >= 4 is 11.6 Å². The van der Waals surface area contributed by atoms with Gasteiger partial charge in [0.25, 0.3) is 0 Å². The van der Waals surface area contributed by atoms with Crippen LogP contribution in [0.5, 0.6) is 0 Å². The van der Waals surface area contributed by atoms with Crippen LogP contribution < -0.4 is 11.1 Å². The molecule has 0 fully saturated rings. The highest BCUT2D eigenvalue weighted by molar-refractivity contribution is 5.95. The van der Waals surface area contributed by atoms with Gasteiger partial charge in [0.05, 0.1) is 0 Å². The van der Waals surface area contributed by atoms with E-state index in [0.29, 0.717) is 13.0 Å². The molecule has 0 saturated heterocycles. The van der Waals surface area contributed by atoms with Crippen molar-refractivity contribution in [2.75, 3.05) is 11.9 Å². The smallest absolute Gasteiger partial charge is 0.224 e. The molecule has 0 aliphatic carbocycles. The number of anilines is 1. The summed E-state index contributed by atoms with van der Waals surface area (Å²) in [5.41, 5.74) is 11.8. The van der Waals surface area contributed by atoms with Crippen LogP contribution in [0, 0.1) is 13.8 Å². The third kappa shape index (κ3) is 2.34. The Hall–Kier alpha value is -1.35. The Balaban J connectivity index is 2.46. The molecule has 0 atom stereocenters. The van der Waals surface area contributed by atoms with E-state index in [4.69, 9.17) is 5.73 Å². The van der Waals surface area contributed by atoms with E-state index in [1.165, 1.54) is 22.3 Å². The summed E-state index contributed by atoms with van der Waals surface area (Å²) in [6, 6.07) is 2.20. The average Bonchev–Trinajstić information content (AvgIpc) is 2.31. The zero-order valence-corrected chi connectivity index (χ0v) is 10.6. The van der Waals surface area contributed by atoms with Crippen molar-refractivity contribution in [2.45, 2.75) is 39.5 Å². The molecule has 3 nitrogen and oxygen atoms in total. The van der Waals surface area contributed by atoms with E-state index in [9.17, 15) is 4.79 Å². The number of amides is 1. The number of fused-ring (bicyclic) bond motifs is 1. The third-order valence-electron chi connectivity index (χ3n) is 3.57. The number of nitrogens with one attached hydrogen (secondary N) is 1. The largest absolute Gasteiger partial charge is 0.330 e. The minimum atomic E-state index is 0.134. The molecule has 1 aliphatic rings. The topological polar surface area (TPSA) is 55.1 Å². The fourth-order valence-corrected chi connectivity index (χ4v) is 2.46. The van der Waals surface area contributed by atoms with Crippen molar-refractivity contribution in [3.05, 3.63) is 28.3 Å². The molecule has 1 aromatic carbocycles. The molecule has 2 rings (SSSR count). The summed E-state index contributed by atoms with van der Waals surface area (Å²) < 4.78 is 0. The molecule has 0 aromatic heterocycles. The van der Waals surface area contributed by atoms with Gasteiger partial charge in [-0.15, -0.1) is 0 Å². The highest BCUT2D eigenvalue weighted by Gasteiger charge is 2.20. The van der Waals surface area contributed by atoms with Crippen LogP contribution in [0.4, 0.5) is 5.69 Å². The molecule has 0 unspecified atom stereocenters. The highest BCUT2D eigenvalue weighted by Crippen LogP contribution is 2.32. The van der Waals surface area contributed by atoms with Gasteiger partial charge in [0.15, 0.2) is 0 Å². The summed E-state index contributed by atoms with van der Waals surface area (Å²) in [5, 5.41) is 3.03. The van der Waals surface area contributed by atoms with Crippen LogP contribution in [0.1, 0.15) is 35.1 Å². The average molecular weight is 232 g/mol. The molecular formula is C14H20N2O. The number of rotatable bonds is 3. The predicted molar refractivity (Wildman–Crippen MR) is 70.2 cm³/mol. The monoisotopic (exact) mass is 232 g/mol. The standard InChI is InChI=1S/C14H20N2O/c1-9-8-11-5-6-13(17)16-14(11)12(10(9)2)4-3-7-15/h8H,3-7,15H2,1-2H3,(H,16,17). The van der Waals surface area contributed by atoms with Gasteiger partial charge in [-0.2, -0.15) is 0 Å². The van der Waals surface area contributed by atoms with E-state index in [0.717, 1.165) is 24.9 Å². The molecule has 1 heterocycles. The molecule has 0 spiro atoms. The molecule has 1 aromatic rings. The van der Waals surface area contributed by atoms with E-state index >= 15 is 0 Å². The number of hydrogen-bond acceptors (Lipinski definition) is 2. The normalized spacial score (nSPS) is 14.4. The first-order valence-electron chi connectivity index (χ1n) is 6.25. The summed E-state index contributed by atoms with van der Waals surface area (Å²) in [6.07, 6.45) is 3.38. The van der Waals surface area contributed by atoms with Gasteiger partial charge in [-0.05, 0) is 61.9 Å². The summed E-state index contributed by atoms with van der Waals surface area (Å²) in [5.74, 6) is 0.134. The quantitative estimate of drug-likeness (QED) is 0.838. The van der Waals surface area contributed by atoms with Crippen LogP contribution in [-0.4, -0.2) is 12.5 Å². The number of aryl methyl sites for hydroxylation is 2. The molecule has 0 bridgehead atoms. The summed E-state index contributed by atoms with van der Waals surface area (Å²) in [4.78, 5) is 11.5. The van der Waals surface area contributed by atoms with Crippen LogP contribution in [0.15, 0.2) is 6.07 Å². The predicted octanol–water partition coefficient (Wildman–Crippen LogP) is 2.08. The van der Waals surface area contributed by atoms with E-state index in [1.54, 1.807) is 0 Å². The lowest BCUT2D eigenvalue weighted by molar-refractivity contribution is -0.116. The van der Waals surface area contributed by atoms with Crippen molar-refractivity contribution in [1.29, 1.82) is 0 Å². The van der Waals surface area contributed by atoms with Gasteiger partial charge >= 0.3 is 0 Å². The fourth-order valence-electron chi connectivity index (χ4n) is 2.46. The van der Waals surface area contributed by atoms with Gasteiger partial charge in [0, 0.05) is 12.1 Å². The Morgan fingerprint density at radius 2 is 2.12 bits per heavy atom. The maximum Gasteiger partial charge on any atom is 0.224 e. The maximum atomic E-state index is 11.5. The van der Waals surface area contributed by atoms with Crippen LogP contribution >= 0.6 is 0 Å².